The van der Waals surface area contributed by atoms with Crippen molar-refractivity contribution in [3.63, 3.8) is 0 Å². The van der Waals surface area contributed by atoms with E-state index in [1.807, 2.05) is 4.80 Å². The van der Waals surface area contributed by atoms with Gasteiger partial charge in [0.05, 0.1) is 6.04 Å². The van der Waals surface area contributed by atoms with Gasteiger partial charge < -0.3 is 0 Å². The average Bonchev–Trinajstić information content (AvgIpc) is 3.00. The summed E-state index contributed by atoms with van der Waals surface area (Å²) in [5.74, 6) is 0. The Kier molecular flexibility index (Phi) is 2.89. The van der Waals surface area contributed by atoms with Crippen LogP contribution in [0.25, 0.3) is 32.6 Å². The molecule has 0 saturated heterocycles. The summed E-state index contributed by atoms with van der Waals surface area (Å²) in [7, 11) is 0. The predicted octanol–water partition coefficient (Wildman–Crippen LogP) is 4.88. The number of nitrogens with zero attached hydrogens (tertiary/aromatic N) is 3. The first-order valence-corrected chi connectivity index (χ1v) is 7.89. The van der Waals surface area contributed by atoms with Crippen molar-refractivity contribution in [2.24, 2.45) is 0 Å². The van der Waals surface area contributed by atoms with Gasteiger partial charge in [0.25, 0.3) is 0 Å². The van der Waals surface area contributed by atoms with Crippen LogP contribution < -0.4 is 0 Å². The Labute approximate surface area is 129 Å². The van der Waals surface area contributed by atoms with E-state index in [9.17, 15) is 0 Å². The maximum Gasteiger partial charge on any atom is 0.121 e. The second kappa shape index (κ2) is 4.80. The largest absolute Gasteiger partial charge is 0.181 e. The van der Waals surface area contributed by atoms with E-state index >= 15 is 0 Å². The summed E-state index contributed by atoms with van der Waals surface area (Å²) in [6.45, 7) is 6.43. The minimum absolute atomic E-state index is 0.259. The van der Waals surface area contributed by atoms with E-state index in [2.05, 4.69) is 63.2 Å². The third-order valence-corrected chi connectivity index (χ3v) is 4.33. The molecule has 3 aromatic carbocycles. The minimum atomic E-state index is 0.259. The van der Waals surface area contributed by atoms with Crippen molar-refractivity contribution in [3.05, 3.63) is 48.0 Å². The lowest BCUT2D eigenvalue weighted by atomic mass is 9.95. The molecule has 3 nitrogen and oxygen atoms in total. The molecule has 0 N–H and O–H groups in total. The zero-order valence-corrected chi connectivity index (χ0v) is 13.2. The number of hydrogen-bond acceptors (Lipinski definition) is 2. The van der Waals surface area contributed by atoms with Crippen molar-refractivity contribution in [1.29, 1.82) is 0 Å². The lowest BCUT2D eigenvalue weighted by molar-refractivity contribution is 0.472. The molecule has 0 amide bonds. The summed E-state index contributed by atoms with van der Waals surface area (Å²) in [6.07, 6.45) is 0.999. The van der Waals surface area contributed by atoms with E-state index in [0.29, 0.717) is 0 Å². The summed E-state index contributed by atoms with van der Waals surface area (Å²) in [4.78, 5) is 1.84. The van der Waals surface area contributed by atoms with Crippen LogP contribution in [0.4, 0.5) is 0 Å². The SMILES string of the molecule is CCc1cccc2c3ccccc3c3nn(C(C)C)nc3c12. The monoisotopic (exact) mass is 289 g/mol. The molecule has 0 aliphatic carbocycles. The van der Waals surface area contributed by atoms with Crippen LogP contribution in [0.5, 0.6) is 0 Å². The zero-order valence-electron chi connectivity index (χ0n) is 13.2. The maximum atomic E-state index is 4.80. The Morgan fingerprint density at radius 2 is 1.55 bits per heavy atom. The van der Waals surface area contributed by atoms with Gasteiger partial charge >= 0.3 is 0 Å². The van der Waals surface area contributed by atoms with E-state index in [4.69, 9.17) is 10.2 Å². The second-order valence-electron chi connectivity index (χ2n) is 6.05. The third-order valence-electron chi connectivity index (χ3n) is 4.33. The first-order chi connectivity index (χ1) is 10.7. The van der Waals surface area contributed by atoms with Gasteiger partial charge in [0, 0.05) is 10.8 Å². The number of aryl methyl sites for hydroxylation is 1. The molecule has 0 aliphatic rings. The van der Waals surface area contributed by atoms with E-state index in [-0.39, 0.29) is 6.04 Å². The van der Waals surface area contributed by atoms with Crippen LogP contribution in [0.3, 0.4) is 0 Å². The van der Waals surface area contributed by atoms with Crippen LogP contribution in [0.1, 0.15) is 32.4 Å². The predicted molar refractivity (Wildman–Crippen MR) is 92.3 cm³/mol. The number of fused-ring (bicyclic) bond motifs is 6. The maximum absolute atomic E-state index is 4.80. The fraction of sp³-hybridized carbons (Fsp3) is 0.263. The van der Waals surface area contributed by atoms with Crippen LogP contribution >= 0.6 is 0 Å². The Morgan fingerprint density at radius 1 is 0.864 bits per heavy atom. The molecular formula is C19H19N3. The van der Waals surface area contributed by atoms with Crippen molar-refractivity contribution >= 4 is 32.6 Å². The Morgan fingerprint density at radius 3 is 2.27 bits per heavy atom. The second-order valence-corrected chi connectivity index (χ2v) is 6.05. The minimum Gasteiger partial charge on any atom is -0.181 e. The van der Waals surface area contributed by atoms with Gasteiger partial charge in [-0.15, -0.1) is 0 Å². The summed E-state index contributed by atoms with van der Waals surface area (Å²) < 4.78 is 0. The highest BCUT2D eigenvalue weighted by atomic mass is 15.5. The lowest BCUT2D eigenvalue weighted by Crippen LogP contribution is -2.04. The van der Waals surface area contributed by atoms with Gasteiger partial charge in [-0.05, 0) is 36.6 Å². The first-order valence-electron chi connectivity index (χ1n) is 7.89. The summed E-state index contributed by atoms with van der Waals surface area (Å²) in [5, 5.41) is 14.6. The van der Waals surface area contributed by atoms with Gasteiger partial charge in [-0.25, -0.2) is 0 Å². The highest BCUT2D eigenvalue weighted by Crippen LogP contribution is 2.35. The molecule has 0 spiro atoms. The van der Waals surface area contributed by atoms with E-state index in [1.165, 1.54) is 27.1 Å². The topological polar surface area (TPSA) is 30.7 Å². The fourth-order valence-corrected chi connectivity index (χ4v) is 3.23. The first kappa shape index (κ1) is 13.3. The standard InChI is InChI=1S/C19H19N3/c1-4-13-8-7-11-15-14-9-5-6-10-16(14)18-19(17(13)15)21-22(20-18)12(2)3/h5-12H,4H2,1-3H3. The molecule has 4 aromatic rings. The molecule has 22 heavy (non-hydrogen) atoms. The van der Waals surface area contributed by atoms with Crippen LogP contribution in [-0.2, 0) is 6.42 Å². The summed E-state index contributed by atoms with van der Waals surface area (Å²) >= 11 is 0. The molecular weight excluding hydrogens is 270 g/mol. The molecule has 0 fully saturated rings. The van der Waals surface area contributed by atoms with E-state index < -0.39 is 0 Å². The quantitative estimate of drug-likeness (QED) is 0.492. The third kappa shape index (κ3) is 1.75. The zero-order chi connectivity index (χ0) is 15.3. The van der Waals surface area contributed by atoms with Gasteiger partial charge in [-0.3, -0.25) is 0 Å². The summed E-state index contributed by atoms with van der Waals surface area (Å²) in [5.41, 5.74) is 3.38. The smallest absolute Gasteiger partial charge is 0.121 e. The number of aromatic nitrogens is 3. The molecule has 110 valence electrons. The number of rotatable bonds is 2. The molecule has 0 aliphatic heterocycles. The lowest BCUT2D eigenvalue weighted by Gasteiger charge is -2.08. The van der Waals surface area contributed by atoms with Crippen molar-refractivity contribution in [2.75, 3.05) is 0 Å². The number of hydrogen-bond donors (Lipinski definition) is 0. The summed E-state index contributed by atoms with van der Waals surface area (Å²) in [6, 6.07) is 15.3. The van der Waals surface area contributed by atoms with Crippen LogP contribution in [0.2, 0.25) is 0 Å². The Bertz CT molecular complexity index is 996. The van der Waals surface area contributed by atoms with E-state index in [0.717, 1.165) is 17.5 Å². The fourth-order valence-electron chi connectivity index (χ4n) is 3.23. The van der Waals surface area contributed by atoms with Gasteiger partial charge in [-0.2, -0.15) is 15.0 Å². The van der Waals surface area contributed by atoms with Crippen molar-refractivity contribution < 1.29 is 0 Å². The normalized spacial score (nSPS) is 12.0. The van der Waals surface area contributed by atoms with E-state index in [1.54, 1.807) is 0 Å². The number of benzene rings is 3. The van der Waals surface area contributed by atoms with Gasteiger partial charge in [0.2, 0.25) is 0 Å². The van der Waals surface area contributed by atoms with Gasteiger partial charge in [0.15, 0.2) is 0 Å². The van der Waals surface area contributed by atoms with Gasteiger partial charge in [-0.1, -0.05) is 49.4 Å². The Hall–Kier alpha value is -2.42. The van der Waals surface area contributed by atoms with Crippen molar-refractivity contribution in [2.45, 2.75) is 33.2 Å². The van der Waals surface area contributed by atoms with Crippen molar-refractivity contribution in [1.82, 2.24) is 15.0 Å². The molecule has 0 unspecified atom stereocenters. The van der Waals surface area contributed by atoms with Crippen molar-refractivity contribution in [3.8, 4) is 0 Å². The highest BCUT2D eigenvalue weighted by molar-refractivity contribution is 6.23. The molecule has 0 bridgehead atoms. The molecule has 1 aromatic heterocycles. The average molecular weight is 289 g/mol. The molecule has 1 heterocycles. The van der Waals surface area contributed by atoms with Crippen LogP contribution in [0.15, 0.2) is 42.5 Å². The van der Waals surface area contributed by atoms with Crippen LogP contribution in [-0.4, -0.2) is 15.0 Å². The molecule has 4 rings (SSSR count). The van der Waals surface area contributed by atoms with Crippen LogP contribution in [0, 0.1) is 0 Å². The highest BCUT2D eigenvalue weighted by Gasteiger charge is 2.16. The molecule has 3 heteroatoms. The Balaban J connectivity index is 2.32. The molecule has 0 radical (unpaired) electrons. The van der Waals surface area contributed by atoms with Gasteiger partial charge in [0.1, 0.15) is 11.0 Å². The molecule has 0 saturated carbocycles. The molecule has 0 atom stereocenters.